The molecule has 3 aromatic heterocycles. The summed E-state index contributed by atoms with van der Waals surface area (Å²) in [6.45, 7) is 5.04. The summed E-state index contributed by atoms with van der Waals surface area (Å²) in [5.74, 6) is 2.03. The van der Waals surface area contributed by atoms with Crippen LogP contribution in [0.15, 0.2) is 55.0 Å². The van der Waals surface area contributed by atoms with Crippen LogP contribution in [0.1, 0.15) is 19.3 Å². The molecule has 7 rings (SSSR count). The highest BCUT2D eigenvalue weighted by Crippen LogP contribution is 2.34. The normalized spacial score (nSPS) is 21.1. The van der Waals surface area contributed by atoms with Gasteiger partial charge in [-0.15, -0.1) is 0 Å². The molecule has 2 N–H and O–H groups in total. The average molecular weight is 510 g/mol. The molecule has 0 amide bonds. The maximum Gasteiger partial charge on any atom is 0.228 e. The van der Waals surface area contributed by atoms with Gasteiger partial charge in [0.15, 0.2) is 0 Å². The molecule has 10 heteroatoms. The van der Waals surface area contributed by atoms with Crippen LogP contribution in [0, 0.1) is 0 Å². The Morgan fingerprint density at radius 2 is 1.84 bits per heavy atom. The molecule has 0 radical (unpaired) electrons. The summed E-state index contributed by atoms with van der Waals surface area (Å²) in [6.07, 6.45) is 9.14. The first kappa shape index (κ1) is 23.2. The Balaban J connectivity index is 1.04. The maximum atomic E-state index is 9.27. The van der Waals surface area contributed by atoms with E-state index in [-0.39, 0.29) is 6.61 Å². The minimum absolute atomic E-state index is 0.226. The van der Waals surface area contributed by atoms with Gasteiger partial charge in [0.2, 0.25) is 11.9 Å². The molecule has 10 nitrogen and oxygen atoms in total. The summed E-state index contributed by atoms with van der Waals surface area (Å²) >= 11 is 0. The second-order valence-corrected chi connectivity index (χ2v) is 10.3. The fraction of sp³-hybridized carbons (Fsp3) is 0.393. The van der Waals surface area contributed by atoms with Crippen molar-refractivity contribution in [2.45, 2.75) is 31.3 Å². The number of anilines is 4. The van der Waals surface area contributed by atoms with Gasteiger partial charge in [0.25, 0.3) is 0 Å². The fourth-order valence-corrected chi connectivity index (χ4v) is 6.04. The number of aromatic nitrogens is 5. The van der Waals surface area contributed by atoms with Crippen molar-refractivity contribution in [3.05, 3.63) is 55.0 Å². The van der Waals surface area contributed by atoms with E-state index in [2.05, 4.69) is 47.1 Å². The largest absolute Gasteiger partial charge is 0.395 e. The van der Waals surface area contributed by atoms with E-state index < -0.39 is 0 Å². The first-order valence-corrected chi connectivity index (χ1v) is 13.4. The molecule has 4 aromatic rings. The second kappa shape index (κ2) is 9.77. The van der Waals surface area contributed by atoms with E-state index in [1.165, 1.54) is 12.8 Å². The first-order valence-electron chi connectivity index (χ1n) is 13.4. The highest BCUT2D eigenvalue weighted by atomic mass is 16.3. The molecule has 2 bridgehead atoms. The Kier molecular flexibility index (Phi) is 5.98. The number of hydrogen-bond acceptors (Lipinski definition) is 10. The van der Waals surface area contributed by atoms with Crippen LogP contribution in [-0.4, -0.2) is 86.3 Å². The second-order valence-electron chi connectivity index (χ2n) is 10.3. The van der Waals surface area contributed by atoms with Crippen molar-refractivity contribution in [3.8, 4) is 11.3 Å². The van der Waals surface area contributed by atoms with Crippen LogP contribution >= 0.6 is 0 Å². The van der Waals surface area contributed by atoms with Crippen LogP contribution in [0.4, 0.5) is 23.4 Å². The molecule has 2 atom stereocenters. The Bertz CT molecular complexity index is 1440. The highest BCUT2D eigenvalue weighted by Gasteiger charge is 2.42. The standard InChI is InChI=1S/C28H31N9O/c38-12-11-36-17-23-14-22(36)18-37(23)21-4-6-26(30-16-21)34-27-29-8-7-25(32-27)19-3-5-24-20(13-19)15-31-28(33-24)35-9-1-2-10-35/h3-8,13,15-16,22-23,38H,1-2,9-12,14,17-18H2,(H,29,30,32,34)/t22?,23-/m0/s1. The molecule has 1 aromatic carbocycles. The third-order valence-corrected chi connectivity index (χ3v) is 7.97. The zero-order chi connectivity index (χ0) is 25.5. The number of pyridine rings is 1. The lowest BCUT2D eigenvalue weighted by atomic mass is 10.1. The maximum absolute atomic E-state index is 9.27. The molecule has 194 valence electrons. The van der Waals surface area contributed by atoms with Crippen LogP contribution in [0.25, 0.3) is 22.2 Å². The van der Waals surface area contributed by atoms with Gasteiger partial charge in [0.1, 0.15) is 5.82 Å². The number of fused-ring (bicyclic) bond motifs is 3. The predicted octanol–water partition coefficient (Wildman–Crippen LogP) is 3.08. The van der Waals surface area contributed by atoms with Crippen molar-refractivity contribution in [1.82, 2.24) is 29.8 Å². The van der Waals surface area contributed by atoms with E-state index >= 15 is 0 Å². The lowest BCUT2D eigenvalue weighted by Crippen LogP contribution is -2.47. The van der Waals surface area contributed by atoms with Gasteiger partial charge in [-0.3, -0.25) is 4.90 Å². The van der Waals surface area contributed by atoms with E-state index in [1.807, 2.05) is 36.7 Å². The van der Waals surface area contributed by atoms with E-state index in [0.717, 1.165) is 72.9 Å². The Morgan fingerprint density at radius 3 is 2.63 bits per heavy atom. The van der Waals surface area contributed by atoms with Crippen molar-refractivity contribution in [2.24, 2.45) is 0 Å². The summed E-state index contributed by atoms with van der Waals surface area (Å²) in [4.78, 5) is 30.2. The van der Waals surface area contributed by atoms with E-state index in [4.69, 9.17) is 9.97 Å². The van der Waals surface area contributed by atoms with Gasteiger partial charge in [-0.2, -0.15) is 0 Å². The van der Waals surface area contributed by atoms with Gasteiger partial charge in [0, 0.05) is 68.2 Å². The third kappa shape index (κ3) is 4.39. The summed E-state index contributed by atoms with van der Waals surface area (Å²) in [6, 6.07) is 13.2. The number of nitrogens with one attached hydrogen (secondary N) is 1. The summed E-state index contributed by atoms with van der Waals surface area (Å²) in [5, 5.41) is 13.5. The highest BCUT2D eigenvalue weighted by molar-refractivity contribution is 5.84. The summed E-state index contributed by atoms with van der Waals surface area (Å²) < 4.78 is 0. The molecule has 3 saturated heterocycles. The topological polar surface area (TPSA) is 106 Å². The van der Waals surface area contributed by atoms with Gasteiger partial charge in [-0.1, -0.05) is 6.07 Å². The van der Waals surface area contributed by atoms with Crippen molar-refractivity contribution < 1.29 is 5.11 Å². The lowest BCUT2D eigenvalue weighted by Gasteiger charge is -2.35. The Labute approximate surface area is 221 Å². The van der Waals surface area contributed by atoms with Gasteiger partial charge in [-0.05, 0) is 49.6 Å². The molecule has 38 heavy (non-hydrogen) atoms. The SMILES string of the molecule is OCCN1C[C@@H]2CC1CN2c1ccc(Nc2nccc(-c3ccc4nc(N5CCCC5)ncc4c3)n2)nc1. The van der Waals surface area contributed by atoms with Gasteiger partial charge in [-0.25, -0.2) is 24.9 Å². The van der Waals surface area contributed by atoms with Gasteiger partial charge < -0.3 is 20.2 Å². The fourth-order valence-electron chi connectivity index (χ4n) is 6.04. The number of hydrogen-bond donors (Lipinski definition) is 2. The van der Waals surface area contributed by atoms with Crippen LogP contribution in [0.5, 0.6) is 0 Å². The van der Waals surface area contributed by atoms with Crippen molar-refractivity contribution >= 4 is 34.3 Å². The average Bonchev–Trinajstić information content (AvgIpc) is 3.72. The van der Waals surface area contributed by atoms with Crippen LogP contribution in [0.3, 0.4) is 0 Å². The molecular weight excluding hydrogens is 478 g/mol. The minimum atomic E-state index is 0.226. The number of β-amino-alcohol motifs (C(OH)–C–C–N with tert-alkyl or cyclic N) is 1. The van der Waals surface area contributed by atoms with Crippen molar-refractivity contribution in [2.75, 3.05) is 54.4 Å². The van der Waals surface area contributed by atoms with E-state index in [9.17, 15) is 5.11 Å². The lowest BCUT2D eigenvalue weighted by molar-refractivity contribution is 0.177. The van der Waals surface area contributed by atoms with Crippen LogP contribution < -0.4 is 15.1 Å². The summed E-state index contributed by atoms with van der Waals surface area (Å²) in [7, 11) is 0. The number of benzene rings is 1. The van der Waals surface area contributed by atoms with Crippen LogP contribution in [0.2, 0.25) is 0 Å². The number of nitrogens with zero attached hydrogens (tertiary/aromatic N) is 8. The zero-order valence-corrected chi connectivity index (χ0v) is 21.2. The molecule has 0 spiro atoms. The molecule has 3 aliphatic rings. The zero-order valence-electron chi connectivity index (χ0n) is 21.2. The first-order chi connectivity index (χ1) is 18.7. The van der Waals surface area contributed by atoms with Gasteiger partial charge in [0.05, 0.1) is 29.7 Å². The Morgan fingerprint density at radius 1 is 0.921 bits per heavy atom. The molecule has 3 fully saturated rings. The van der Waals surface area contributed by atoms with Crippen molar-refractivity contribution in [1.29, 1.82) is 0 Å². The number of aliphatic hydroxyl groups is 1. The van der Waals surface area contributed by atoms with Crippen molar-refractivity contribution in [3.63, 3.8) is 0 Å². The molecule has 3 aliphatic heterocycles. The molecule has 0 saturated carbocycles. The molecule has 0 aliphatic carbocycles. The number of aliphatic hydroxyl groups excluding tert-OH is 1. The van der Waals surface area contributed by atoms with E-state index in [0.29, 0.717) is 23.8 Å². The third-order valence-electron chi connectivity index (χ3n) is 7.97. The smallest absolute Gasteiger partial charge is 0.228 e. The molecule has 6 heterocycles. The Hall–Kier alpha value is -3.89. The quantitative estimate of drug-likeness (QED) is 0.386. The summed E-state index contributed by atoms with van der Waals surface area (Å²) in [5.41, 5.74) is 3.88. The monoisotopic (exact) mass is 509 g/mol. The number of likely N-dealkylation sites (tertiary alicyclic amines) is 1. The van der Waals surface area contributed by atoms with Gasteiger partial charge >= 0.3 is 0 Å². The number of piperazine rings is 1. The van der Waals surface area contributed by atoms with E-state index in [1.54, 1.807) is 6.20 Å². The molecular formula is C28H31N9O. The van der Waals surface area contributed by atoms with Crippen LogP contribution in [-0.2, 0) is 0 Å². The number of rotatable bonds is 7. The molecule has 1 unspecified atom stereocenters. The minimum Gasteiger partial charge on any atom is -0.395 e. The predicted molar refractivity (Wildman–Crippen MR) is 148 cm³/mol.